The third-order valence-electron chi connectivity index (χ3n) is 7.79. The number of unbranched alkanes of at least 4 members (excludes halogenated alkanes) is 2. The van der Waals surface area contributed by atoms with Crippen LogP contribution in [0.3, 0.4) is 0 Å². The van der Waals surface area contributed by atoms with Crippen LogP contribution < -0.4 is 0 Å². The van der Waals surface area contributed by atoms with Crippen LogP contribution in [-0.2, 0) is 0 Å². The lowest BCUT2D eigenvalue weighted by Gasteiger charge is -2.38. The summed E-state index contributed by atoms with van der Waals surface area (Å²) in [5, 5.41) is 0. The maximum atomic E-state index is 14.4. The average Bonchev–Trinajstić information content (AvgIpc) is 2.79. The Balaban J connectivity index is 1.29. The van der Waals surface area contributed by atoms with Gasteiger partial charge < -0.3 is 0 Å². The van der Waals surface area contributed by atoms with Crippen LogP contribution in [0.25, 0.3) is 0 Å². The van der Waals surface area contributed by atoms with Crippen molar-refractivity contribution < 1.29 is 8.78 Å². The molecule has 0 spiro atoms. The Bertz CT molecular complexity index is 561. The van der Waals surface area contributed by atoms with Gasteiger partial charge in [-0.1, -0.05) is 88.3 Å². The van der Waals surface area contributed by atoms with Gasteiger partial charge in [-0.15, -0.1) is 0 Å². The lowest BCUT2D eigenvalue weighted by molar-refractivity contribution is 0.133. The summed E-state index contributed by atoms with van der Waals surface area (Å²) in [6, 6.07) is 9.35. The van der Waals surface area contributed by atoms with E-state index in [-0.39, 0.29) is 0 Å². The van der Waals surface area contributed by atoms with Gasteiger partial charge in [-0.3, -0.25) is 0 Å². The Labute approximate surface area is 188 Å². The third kappa shape index (κ3) is 7.84. The highest BCUT2D eigenvalue weighted by Crippen LogP contribution is 2.43. The number of thioether (sulfide) groups is 1. The van der Waals surface area contributed by atoms with Gasteiger partial charge in [-0.25, -0.2) is 8.78 Å². The molecule has 0 bridgehead atoms. The smallest absolute Gasteiger partial charge is 0.181 e. The number of hydrogen-bond acceptors (Lipinski definition) is 1. The minimum absolute atomic E-state index is 0.374. The van der Waals surface area contributed by atoms with Crippen LogP contribution in [0.5, 0.6) is 0 Å². The van der Waals surface area contributed by atoms with Gasteiger partial charge >= 0.3 is 0 Å². The van der Waals surface area contributed by atoms with E-state index in [0.29, 0.717) is 12.3 Å². The Morgan fingerprint density at radius 3 is 1.93 bits per heavy atom. The van der Waals surface area contributed by atoms with Gasteiger partial charge in [-0.2, -0.15) is 0 Å². The fourth-order valence-corrected chi connectivity index (χ4v) is 6.67. The summed E-state index contributed by atoms with van der Waals surface area (Å²) in [5.41, 5.74) is -1.45. The molecule has 2 fully saturated rings. The normalized spacial score (nSPS) is 29.4. The number of alkyl halides is 2. The van der Waals surface area contributed by atoms with Crippen molar-refractivity contribution in [3.05, 3.63) is 30.3 Å². The van der Waals surface area contributed by atoms with Crippen LogP contribution >= 0.6 is 11.8 Å². The second kappa shape index (κ2) is 13.1. The monoisotopic (exact) mass is 436 g/mol. The van der Waals surface area contributed by atoms with Gasteiger partial charge in [0.2, 0.25) is 0 Å². The molecule has 0 aromatic heterocycles. The molecule has 2 unspecified atom stereocenters. The van der Waals surface area contributed by atoms with E-state index in [4.69, 9.17) is 0 Å². The van der Waals surface area contributed by atoms with Crippen LogP contribution in [-0.4, -0.2) is 11.7 Å². The first-order chi connectivity index (χ1) is 14.7. The highest BCUT2D eigenvalue weighted by Gasteiger charge is 2.31. The van der Waals surface area contributed by atoms with E-state index in [1.165, 1.54) is 77.0 Å². The molecule has 0 nitrogen and oxygen atoms in total. The van der Waals surface area contributed by atoms with Crippen molar-refractivity contribution >= 4 is 11.8 Å². The molecule has 30 heavy (non-hydrogen) atoms. The lowest BCUT2D eigenvalue weighted by Crippen LogP contribution is -2.26. The predicted octanol–water partition coefficient (Wildman–Crippen LogP) is 9.39. The summed E-state index contributed by atoms with van der Waals surface area (Å²) in [6.45, 7) is 2.29. The molecule has 0 amide bonds. The van der Waals surface area contributed by atoms with E-state index >= 15 is 0 Å². The Kier molecular flexibility index (Phi) is 10.5. The SMILES string of the molecule is CCCCCC1CCC(C2CCC(CCC(F)C(F)Sc3ccccc3)CC2)CC1. The van der Waals surface area contributed by atoms with Gasteiger partial charge in [0.05, 0.1) is 0 Å². The summed E-state index contributed by atoms with van der Waals surface area (Å²) in [4.78, 5) is 0.813. The van der Waals surface area contributed by atoms with Crippen molar-refractivity contribution in [1.29, 1.82) is 0 Å². The van der Waals surface area contributed by atoms with Gasteiger partial charge in [0, 0.05) is 4.90 Å². The molecule has 2 saturated carbocycles. The highest BCUT2D eigenvalue weighted by molar-refractivity contribution is 7.99. The van der Waals surface area contributed by atoms with Crippen LogP contribution in [0.4, 0.5) is 8.78 Å². The van der Waals surface area contributed by atoms with E-state index in [1.54, 1.807) is 0 Å². The van der Waals surface area contributed by atoms with Gasteiger partial charge in [-0.05, 0) is 74.3 Å². The van der Waals surface area contributed by atoms with Crippen LogP contribution in [0, 0.1) is 23.7 Å². The van der Waals surface area contributed by atoms with Crippen molar-refractivity contribution in [3.63, 3.8) is 0 Å². The van der Waals surface area contributed by atoms with Crippen molar-refractivity contribution in [1.82, 2.24) is 0 Å². The largest absolute Gasteiger partial charge is 0.243 e. The second-order valence-electron chi connectivity index (χ2n) is 9.93. The van der Waals surface area contributed by atoms with Gasteiger partial charge in [0.25, 0.3) is 0 Å². The molecule has 3 rings (SSSR count). The molecule has 0 heterocycles. The van der Waals surface area contributed by atoms with Crippen LogP contribution in [0.1, 0.15) is 96.8 Å². The standard InChI is InChI=1S/C27H42F2S/c1-2-3-5-8-21-11-16-23(17-12-21)24-18-13-22(14-19-24)15-20-26(28)27(29)30-25-9-6-4-7-10-25/h4,6-7,9-10,21-24,26-27H,2-3,5,8,11-20H2,1H3. The molecular weight excluding hydrogens is 394 g/mol. The molecular formula is C27H42F2S. The minimum atomic E-state index is -1.45. The summed E-state index contributed by atoms with van der Waals surface area (Å²) >= 11 is 1.02. The predicted molar refractivity (Wildman–Crippen MR) is 126 cm³/mol. The number of benzene rings is 1. The maximum Gasteiger partial charge on any atom is 0.181 e. The number of hydrogen-bond donors (Lipinski definition) is 0. The Morgan fingerprint density at radius 2 is 1.37 bits per heavy atom. The van der Waals surface area contributed by atoms with E-state index in [1.807, 2.05) is 30.3 Å². The average molecular weight is 437 g/mol. The zero-order valence-corrected chi connectivity index (χ0v) is 19.7. The van der Waals surface area contributed by atoms with Gasteiger partial charge in [0.1, 0.15) is 6.17 Å². The molecule has 2 aliphatic carbocycles. The molecule has 0 radical (unpaired) electrons. The first kappa shape index (κ1) is 24.1. The summed E-state index contributed by atoms with van der Waals surface area (Å²) in [5.74, 6) is 3.45. The zero-order valence-electron chi connectivity index (χ0n) is 18.9. The van der Waals surface area contributed by atoms with E-state index in [9.17, 15) is 8.78 Å². The summed E-state index contributed by atoms with van der Waals surface area (Å²) < 4.78 is 28.6. The fourth-order valence-electron chi connectivity index (χ4n) is 5.81. The fraction of sp³-hybridized carbons (Fsp3) is 0.778. The first-order valence-corrected chi connectivity index (χ1v) is 13.5. The first-order valence-electron chi connectivity index (χ1n) is 12.7. The maximum absolute atomic E-state index is 14.4. The third-order valence-corrected chi connectivity index (χ3v) is 8.86. The van der Waals surface area contributed by atoms with E-state index in [0.717, 1.165) is 40.8 Å². The molecule has 0 aliphatic heterocycles. The van der Waals surface area contributed by atoms with E-state index in [2.05, 4.69) is 6.92 Å². The number of rotatable bonds is 11. The zero-order chi connectivity index (χ0) is 21.2. The molecule has 170 valence electrons. The van der Waals surface area contributed by atoms with Crippen molar-refractivity contribution in [2.24, 2.45) is 23.7 Å². The minimum Gasteiger partial charge on any atom is -0.243 e. The summed E-state index contributed by atoms with van der Waals surface area (Å²) in [7, 11) is 0. The molecule has 3 heteroatoms. The Hall–Kier alpha value is -0.570. The van der Waals surface area contributed by atoms with Crippen molar-refractivity contribution in [2.75, 3.05) is 0 Å². The van der Waals surface area contributed by atoms with Crippen molar-refractivity contribution in [2.45, 2.75) is 113 Å². The topological polar surface area (TPSA) is 0 Å². The Morgan fingerprint density at radius 1 is 0.800 bits per heavy atom. The molecule has 2 atom stereocenters. The molecule has 1 aromatic rings. The quantitative estimate of drug-likeness (QED) is 0.246. The second-order valence-corrected chi connectivity index (χ2v) is 11.1. The van der Waals surface area contributed by atoms with E-state index < -0.39 is 11.7 Å². The van der Waals surface area contributed by atoms with Crippen molar-refractivity contribution in [3.8, 4) is 0 Å². The van der Waals surface area contributed by atoms with Crippen LogP contribution in [0.15, 0.2) is 35.2 Å². The number of halogens is 2. The van der Waals surface area contributed by atoms with Gasteiger partial charge in [0.15, 0.2) is 5.50 Å². The lowest BCUT2D eigenvalue weighted by atomic mass is 9.68. The summed E-state index contributed by atoms with van der Waals surface area (Å²) in [6.07, 6.45) is 16.4. The van der Waals surface area contributed by atoms with Crippen LogP contribution in [0.2, 0.25) is 0 Å². The molecule has 0 saturated heterocycles. The molecule has 2 aliphatic rings. The molecule has 0 N–H and O–H groups in total. The highest BCUT2D eigenvalue weighted by atomic mass is 32.2. The molecule has 1 aromatic carbocycles.